The zero-order valence-corrected chi connectivity index (χ0v) is 18.8. The standard InChI is InChI=1S/C20H24N4O5S2/c1-2-27-18(26)21-17-23-24-19(31-17)30-12-16(25)22-20(7-3-4-8-20)13-5-6-14-15(11-13)29-10-9-28-14/h5-6,11H,2-4,7-10,12H2,1H3,(H,22,25)(H,21,23,26). The Labute approximate surface area is 188 Å². The van der Waals surface area contributed by atoms with Crippen molar-refractivity contribution < 1.29 is 23.8 Å². The predicted molar refractivity (Wildman–Crippen MR) is 117 cm³/mol. The number of fused-ring (bicyclic) bond motifs is 1. The summed E-state index contributed by atoms with van der Waals surface area (Å²) in [6.07, 6.45) is 3.31. The summed E-state index contributed by atoms with van der Waals surface area (Å²) in [6, 6.07) is 5.93. The summed E-state index contributed by atoms with van der Waals surface area (Å²) in [5, 5.41) is 14.0. The molecule has 0 bridgehead atoms. The summed E-state index contributed by atoms with van der Waals surface area (Å²) in [6.45, 7) is 3.08. The van der Waals surface area contributed by atoms with Crippen molar-refractivity contribution in [3.05, 3.63) is 23.8 Å². The van der Waals surface area contributed by atoms with Crippen LogP contribution in [0.15, 0.2) is 22.5 Å². The number of nitrogens with one attached hydrogen (secondary N) is 2. The van der Waals surface area contributed by atoms with Gasteiger partial charge in [0.25, 0.3) is 0 Å². The van der Waals surface area contributed by atoms with Gasteiger partial charge in [0.1, 0.15) is 13.2 Å². The van der Waals surface area contributed by atoms with Gasteiger partial charge in [-0.05, 0) is 37.5 Å². The molecular formula is C20H24N4O5S2. The van der Waals surface area contributed by atoms with E-state index in [-0.39, 0.29) is 18.3 Å². The number of benzene rings is 1. The Morgan fingerprint density at radius 3 is 2.74 bits per heavy atom. The van der Waals surface area contributed by atoms with E-state index in [0.29, 0.717) is 22.7 Å². The lowest BCUT2D eigenvalue weighted by molar-refractivity contribution is -0.120. The third kappa shape index (κ3) is 5.21. The van der Waals surface area contributed by atoms with Gasteiger partial charge >= 0.3 is 6.09 Å². The topological polar surface area (TPSA) is 112 Å². The monoisotopic (exact) mass is 464 g/mol. The molecule has 9 nitrogen and oxygen atoms in total. The summed E-state index contributed by atoms with van der Waals surface area (Å²) in [7, 11) is 0. The number of carbonyl (C=O) groups is 2. The molecule has 0 saturated heterocycles. The summed E-state index contributed by atoms with van der Waals surface area (Å²) in [5.41, 5.74) is 0.648. The number of hydrogen-bond donors (Lipinski definition) is 2. The molecule has 0 radical (unpaired) electrons. The Hall–Kier alpha value is -2.53. The van der Waals surface area contributed by atoms with E-state index in [1.807, 2.05) is 18.2 Å². The molecule has 11 heteroatoms. The zero-order valence-electron chi connectivity index (χ0n) is 17.1. The molecule has 31 heavy (non-hydrogen) atoms. The molecule has 166 valence electrons. The van der Waals surface area contributed by atoms with E-state index < -0.39 is 11.6 Å². The summed E-state index contributed by atoms with van der Waals surface area (Å²) in [4.78, 5) is 24.2. The molecule has 0 spiro atoms. The van der Waals surface area contributed by atoms with E-state index in [1.54, 1.807) is 6.92 Å². The Bertz CT molecular complexity index is 945. The van der Waals surface area contributed by atoms with Crippen LogP contribution in [0, 0.1) is 0 Å². The third-order valence-electron chi connectivity index (χ3n) is 5.15. The van der Waals surface area contributed by atoms with Crippen molar-refractivity contribution in [3.63, 3.8) is 0 Å². The van der Waals surface area contributed by atoms with Crippen molar-refractivity contribution in [2.45, 2.75) is 42.5 Å². The van der Waals surface area contributed by atoms with E-state index in [9.17, 15) is 9.59 Å². The van der Waals surface area contributed by atoms with Gasteiger partial charge in [0, 0.05) is 0 Å². The van der Waals surface area contributed by atoms with Crippen LogP contribution >= 0.6 is 23.1 Å². The number of anilines is 1. The minimum Gasteiger partial charge on any atom is -0.486 e. The van der Waals surface area contributed by atoms with Gasteiger partial charge in [-0.2, -0.15) is 0 Å². The van der Waals surface area contributed by atoms with Gasteiger partial charge in [-0.1, -0.05) is 42.0 Å². The van der Waals surface area contributed by atoms with Crippen LogP contribution in [0.1, 0.15) is 38.2 Å². The van der Waals surface area contributed by atoms with Crippen molar-refractivity contribution in [1.82, 2.24) is 15.5 Å². The summed E-state index contributed by atoms with van der Waals surface area (Å²) < 4.78 is 16.8. The lowest BCUT2D eigenvalue weighted by atomic mass is 9.87. The predicted octanol–water partition coefficient (Wildman–Crippen LogP) is 3.56. The summed E-state index contributed by atoms with van der Waals surface area (Å²) in [5.74, 6) is 1.61. The second-order valence-corrected chi connectivity index (χ2v) is 9.40. The minimum absolute atomic E-state index is 0.0723. The fraction of sp³-hybridized carbons (Fsp3) is 0.500. The van der Waals surface area contributed by atoms with E-state index >= 15 is 0 Å². The van der Waals surface area contributed by atoms with Gasteiger partial charge in [0.05, 0.1) is 17.9 Å². The SMILES string of the molecule is CCOC(=O)Nc1nnc(SCC(=O)NC2(c3ccc4c(c3)OCCO4)CCCC2)s1. The summed E-state index contributed by atoms with van der Waals surface area (Å²) >= 11 is 2.49. The molecule has 1 fully saturated rings. The van der Waals surface area contributed by atoms with Crippen molar-refractivity contribution in [1.29, 1.82) is 0 Å². The Kier molecular flexibility index (Phi) is 6.81. The molecule has 1 aliphatic heterocycles. The van der Waals surface area contributed by atoms with E-state index in [2.05, 4.69) is 20.8 Å². The first kappa shape index (κ1) is 21.7. The molecular weight excluding hydrogens is 440 g/mol. The minimum atomic E-state index is -0.574. The van der Waals surface area contributed by atoms with Crippen LogP contribution in [0.2, 0.25) is 0 Å². The van der Waals surface area contributed by atoms with Crippen molar-refractivity contribution in [2.75, 3.05) is 30.9 Å². The average Bonchev–Trinajstić information content (AvgIpc) is 3.42. The molecule has 1 aliphatic carbocycles. The first-order valence-corrected chi connectivity index (χ1v) is 12.0. The maximum absolute atomic E-state index is 12.8. The molecule has 2 amide bonds. The molecule has 1 saturated carbocycles. The Balaban J connectivity index is 1.37. The first-order chi connectivity index (χ1) is 15.1. The van der Waals surface area contributed by atoms with Gasteiger partial charge in [0.2, 0.25) is 11.0 Å². The fourth-order valence-electron chi connectivity index (χ4n) is 3.81. The van der Waals surface area contributed by atoms with Gasteiger partial charge in [-0.15, -0.1) is 10.2 Å². The van der Waals surface area contributed by atoms with Gasteiger partial charge in [-0.3, -0.25) is 10.1 Å². The molecule has 0 atom stereocenters. The van der Waals surface area contributed by atoms with Crippen LogP contribution in [-0.2, 0) is 15.1 Å². The van der Waals surface area contributed by atoms with Crippen LogP contribution in [0.25, 0.3) is 0 Å². The van der Waals surface area contributed by atoms with Gasteiger partial charge in [0.15, 0.2) is 15.8 Å². The van der Waals surface area contributed by atoms with Crippen molar-refractivity contribution in [3.8, 4) is 11.5 Å². The van der Waals surface area contributed by atoms with Crippen LogP contribution in [-0.4, -0.2) is 47.8 Å². The van der Waals surface area contributed by atoms with Crippen LogP contribution in [0.3, 0.4) is 0 Å². The molecule has 2 heterocycles. The molecule has 2 N–H and O–H groups in total. The third-order valence-corrected chi connectivity index (χ3v) is 7.12. The maximum Gasteiger partial charge on any atom is 0.413 e. The lowest BCUT2D eigenvalue weighted by Gasteiger charge is -2.32. The molecule has 1 aromatic heterocycles. The highest BCUT2D eigenvalue weighted by Gasteiger charge is 2.37. The number of rotatable bonds is 7. The van der Waals surface area contributed by atoms with E-state index in [0.717, 1.165) is 42.7 Å². The largest absolute Gasteiger partial charge is 0.486 e. The quantitative estimate of drug-likeness (QED) is 0.473. The molecule has 1 aromatic carbocycles. The highest BCUT2D eigenvalue weighted by Crippen LogP contribution is 2.42. The normalized spacial score (nSPS) is 16.5. The van der Waals surface area contributed by atoms with Gasteiger partial charge in [-0.25, -0.2) is 4.79 Å². The number of thioether (sulfide) groups is 1. The molecule has 2 aromatic rings. The second-order valence-electron chi connectivity index (χ2n) is 7.20. The Morgan fingerprint density at radius 2 is 1.97 bits per heavy atom. The lowest BCUT2D eigenvalue weighted by Crippen LogP contribution is -2.44. The van der Waals surface area contributed by atoms with E-state index in [1.165, 1.54) is 23.1 Å². The number of hydrogen-bond acceptors (Lipinski definition) is 9. The fourth-order valence-corrected chi connectivity index (χ4v) is 5.35. The second kappa shape index (κ2) is 9.73. The molecule has 2 aliphatic rings. The smallest absolute Gasteiger partial charge is 0.413 e. The average molecular weight is 465 g/mol. The Morgan fingerprint density at radius 1 is 1.19 bits per heavy atom. The maximum atomic E-state index is 12.8. The number of ether oxygens (including phenoxy) is 3. The van der Waals surface area contributed by atoms with E-state index in [4.69, 9.17) is 14.2 Å². The molecule has 4 rings (SSSR count). The number of carbonyl (C=O) groups excluding carboxylic acids is 2. The zero-order chi connectivity index (χ0) is 21.7. The molecule has 0 unspecified atom stereocenters. The van der Waals surface area contributed by atoms with Crippen LogP contribution in [0.5, 0.6) is 11.5 Å². The number of amides is 2. The van der Waals surface area contributed by atoms with Crippen molar-refractivity contribution in [2.24, 2.45) is 0 Å². The van der Waals surface area contributed by atoms with Crippen LogP contribution < -0.4 is 20.1 Å². The number of nitrogens with zero attached hydrogens (tertiary/aromatic N) is 2. The van der Waals surface area contributed by atoms with Crippen LogP contribution in [0.4, 0.5) is 9.93 Å². The number of aromatic nitrogens is 2. The van der Waals surface area contributed by atoms with Crippen molar-refractivity contribution >= 4 is 40.2 Å². The highest BCUT2D eigenvalue weighted by atomic mass is 32.2. The highest BCUT2D eigenvalue weighted by molar-refractivity contribution is 8.01. The van der Waals surface area contributed by atoms with Gasteiger partial charge < -0.3 is 19.5 Å². The first-order valence-electron chi connectivity index (χ1n) is 10.2.